The van der Waals surface area contributed by atoms with Crippen LogP contribution in [-0.2, 0) is 15.1 Å². The molecule has 21 heavy (non-hydrogen) atoms. The second-order valence-electron chi connectivity index (χ2n) is 5.33. The van der Waals surface area contributed by atoms with E-state index < -0.39 is 11.4 Å². The lowest BCUT2D eigenvalue weighted by Crippen LogP contribution is -2.42. The molecule has 1 aliphatic carbocycles. The molecular formula is C17H23NO3. The Hall–Kier alpha value is -1.41. The standard InChI is InChI=1S/C15H17NO3.C2H6/c16-11-12-1-3-13(4-2-12)14(17)5-7-15(8-6-14)18-9-10-19-15;1-2/h1-4,17H,5-10H2;1-2H3. The first-order chi connectivity index (χ1) is 10.2. The Bertz CT molecular complexity index is 488. The van der Waals surface area contributed by atoms with Gasteiger partial charge in [0.05, 0.1) is 30.4 Å². The van der Waals surface area contributed by atoms with Crippen LogP contribution >= 0.6 is 0 Å². The SMILES string of the molecule is CC.N#Cc1ccc(C2(O)CCC3(CC2)OCCO3)cc1. The van der Waals surface area contributed by atoms with Crippen LogP contribution in [0, 0.1) is 11.3 Å². The van der Waals surface area contributed by atoms with E-state index in [4.69, 9.17) is 14.7 Å². The monoisotopic (exact) mass is 289 g/mol. The van der Waals surface area contributed by atoms with E-state index in [1.807, 2.05) is 26.0 Å². The Kier molecular flexibility index (Phi) is 5.00. The van der Waals surface area contributed by atoms with Crippen molar-refractivity contribution in [2.24, 2.45) is 0 Å². The second-order valence-corrected chi connectivity index (χ2v) is 5.33. The van der Waals surface area contributed by atoms with E-state index in [1.54, 1.807) is 12.1 Å². The third-order valence-electron chi connectivity index (χ3n) is 4.20. The number of rotatable bonds is 1. The van der Waals surface area contributed by atoms with Crippen molar-refractivity contribution in [2.75, 3.05) is 13.2 Å². The van der Waals surface area contributed by atoms with E-state index >= 15 is 0 Å². The molecule has 0 atom stereocenters. The van der Waals surface area contributed by atoms with Gasteiger partial charge in [-0.05, 0) is 30.5 Å². The van der Waals surface area contributed by atoms with Crippen LogP contribution in [0.25, 0.3) is 0 Å². The molecule has 1 heterocycles. The van der Waals surface area contributed by atoms with Gasteiger partial charge < -0.3 is 14.6 Å². The second kappa shape index (κ2) is 6.57. The summed E-state index contributed by atoms with van der Waals surface area (Å²) >= 11 is 0. The van der Waals surface area contributed by atoms with Gasteiger partial charge in [0.15, 0.2) is 5.79 Å². The molecule has 1 N–H and O–H groups in total. The predicted molar refractivity (Wildman–Crippen MR) is 79.5 cm³/mol. The van der Waals surface area contributed by atoms with Crippen molar-refractivity contribution in [2.45, 2.75) is 50.9 Å². The number of ether oxygens (including phenoxy) is 2. The van der Waals surface area contributed by atoms with Gasteiger partial charge in [-0.25, -0.2) is 0 Å². The summed E-state index contributed by atoms with van der Waals surface area (Å²) in [4.78, 5) is 0. The van der Waals surface area contributed by atoms with Crippen LogP contribution in [0.15, 0.2) is 24.3 Å². The molecule has 114 valence electrons. The summed E-state index contributed by atoms with van der Waals surface area (Å²) < 4.78 is 11.3. The molecule has 0 amide bonds. The van der Waals surface area contributed by atoms with Crippen molar-refractivity contribution in [3.05, 3.63) is 35.4 Å². The third-order valence-corrected chi connectivity index (χ3v) is 4.20. The minimum Gasteiger partial charge on any atom is -0.385 e. The number of benzene rings is 1. The Morgan fingerprint density at radius 3 is 2.00 bits per heavy atom. The molecule has 0 aromatic heterocycles. The third kappa shape index (κ3) is 3.26. The van der Waals surface area contributed by atoms with Gasteiger partial charge in [-0.15, -0.1) is 0 Å². The molecule has 1 saturated heterocycles. The van der Waals surface area contributed by atoms with E-state index in [1.165, 1.54) is 0 Å². The van der Waals surface area contributed by atoms with Crippen LogP contribution < -0.4 is 0 Å². The summed E-state index contributed by atoms with van der Waals surface area (Å²) in [6.07, 6.45) is 2.67. The molecule has 1 aromatic rings. The van der Waals surface area contributed by atoms with E-state index in [0.29, 0.717) is 44.5 Å². The first kappa shape index (κ1) is 16.0. The molecule has 4 nitrogen and oxygen atoms in total. The fourth-order valence-corrected chi connectivity index (χ4v) is 2.97. The number of nitrogens with zero attached hydrogens (tertiary/aromatic N) is 1. The summed E-state index contributed by atoms with van der Waals surface area (Å²) in [6.45, 7) is 5.30. The fraction of sp³-hybridized carbons (Fsp3) is 0.588. The summed E-state index contributed by atoms with van der Waals surface area (Å²) in [5.74, 6) is -0.459. The Labute approximate surface area is 126 Å². The highest BCUT2D eigenvalue weighted by Crippen LogP contribution is 2.44. The van der Waals surface area contributed by atoms with Gasteiger partial charge in [0.2, 0.25) is 0 Å². The zero-order valence-corrected chi connectivity index (χ0v) is 12.8. The topological polar surface area (TPSA) is 62.5 Å². The molecular weight excluding hydrogens is 266 g/mol. The van der Waals surface area contributed by atoms with Crippen molar-refractivity contribution >= 4 is 0 Å². The van der Waals surface area contributed by atoms with Gasteiger partial charge in [-0.3, -0.25) is 0 Å². The van der Waals surface area contributed by atoms with Crippen molar-refractivity contribution in [3.8, 4) is 6.07 Å². The molecule has 2 aliphatic rings. The summed E-state index contributed by atoms with van der Waals surface area (Å²) in [5, 5.41) is 19.6. The highest BCUT2D eigenvalue weighted by atomic mass is 16.7. The van der Waals surface area contributed by atoms with Gasteiger partial charge in [-0.2, -0.15) is 5.26 Å². The van der Waals surface area contributed by atoms with Crippen molar-refractivity contribution in [3.63, 3.8) is 0 Å². The van der Waals surface area contributed by atoms with Crippen LogP contribution in [0.1, 0.15) is 50.7 Å². The van der Waals surface area contributed by atoms with E-state index in [9.17, 15) is 5.11 Å². The molecule has 1 spiro atoms. The van der Waals surface area contributed by atoms with Gasteiger partial charge in [0, 0.05) is 12.8 Å². The van der Waals surface area contributed by atoms with E-state index in [2.05, 4.69) is 6.07 Å². The molecule has 1 aromatic carbocycles. The van der Waals surface area contributed by atoms with Crippen LogP contribution in [0.2, 0.25) is 0 Å². The zero-order valence-electron chi connectivity index (χ0n) is 12.8. The lowest BCUT2D eigenvalue weighted by atomic mass is 9.77. The van der Waals surface area contributed by atoms with E-state index in [-0.39, 0.29) is 0 Å². The number of nitriles is 1. The number of hydrogen-bond acceptors (Lipinski definition) is 4. The van der Waals surface area contributed by atoms with Crippen LogP contribution in [-0.4, -0.2) is 24.1 Å². The Balaban J connectivity index is 0.000000774. The molecule has 1 aliphatic heterocycles. The summed E-state index contributed by atoms with van der Waals surface area (Å²) in [7, 11) is 0. The first-order valence-corrected chi connectivity index (χ1v) is 7.67. The molecule has 0 radical (unpaired) electrons. The number of aliphatic hydroxyl groups is 1. The normalized spacial score (nSPS) is 22.2. The molecule has 4 heteroatoms. The summed E-state index contributed by atoms with van der Waals surface area (Å²) in [5.41, 5.74) is 0.663. The molecule has 3 rings (SSSR count). The quantitative estimate of drug-likeness (QED) is 0.863. The van der Waals surface area contributed by atoms with Crippen molar-refractivity contribution < 1.29 is 14.6 Å². The predicted octanol–water partition coefficient (Wildman–Crippen LogP) is 3.09. The maximum absolute atomic E-state index is 10.8. The van der Waals surface area contributed by atoms with Crippen molar-refractivity contribution in [1.29, 1.82) is 5.26 Å². The summed E-state index contributed by atoms with van der Waals surface area (Å²) in [6, 6.07) is 9.27. The highest BCUT2D eigenvalue weighted by Gasteiger charge is 2.46. The minimum atomic E-state index is -0.825. The maximum atomic E-state index is 10.8. The molecule has 0 unspecified atom stereocenters. The van der Waals surface area contributed by atoms with E-state index in [0.717, 1.165) is 5.56 Å². The largest absolute Gasteiger partial charge is 0.385 e. The van der Waals surface area contributed by atoms with Gasteiger partial charge in [0.1, 0.15) is 0 Å². The smallest absolute Gasteiger partial charge is 0.168 e. The average molecular weight is 289 g/mol. The van der Waals surface area contributed by atoms with Gasteiger partial charge in [0.25, 0.3) is 0 Å². The van der Waals surface area contributed by atoms with Crippen molar-refractivity contribution in [1.82, 2.24) is 0 Å². The van der Waals surface area contributed by atoms with Gasteiger partial charge in [-0.1, -0.05) is 26.0 Å². The lowest BCUT2D eigenvalue weighted by Gasteiger charge is -2.40. The molecule has 2 fully saturated rings. The van der Waals surface area contributed by atoms with Crippen LogP contribution in [0.4, 0.5) is 0 Å². The maximum Gasteiger partial charge on any atom is 0.168 e. The van der Waals surface area contributed by atoms with Crippen LogP contribution in [0.3, 0.4) is 0 Å². The minimum absolute atomic E-state index is 0.459. The first-order valence-electron chi connectivity index (χ1n) is 7.67. The molecule has 0 bridgehead atoms. The lowest BCUT2D eigenvalue weighted by molar-refractivity contribution is -0.204. The Morgan fingerprint density at radius 1 is 1.00 bits per heavy atom. The highest BCUT2D eigenvalue weighted by molar-refractivity contribution is 5.34. The zero-order chi connectivity index (χ0) is 15.3. The molecule has 1 saturated carbocycles. The fourth-order valence-electron chi connectivity index (χ4n) is 2.97. The van der Waals surface area contributed by atoms with Gasteiger partial charge >= 0.3 is 0 Å². The van der Waals surface area contributed by atoms with Crippen LogP contribution in [0.5, 0.6) is 0 Å². The average Bonchev–Trinajstić information content (AvgIpc) is 3.01. The number of hydrogen-bond donors (Lipinski definition) is 1. The Morgan fingerprint density at radius 2 is 1.52 bits per heavy atom.